The number of nitrogens with zero attached hydrogens (tertiary/aromatic N) is 1. The van der Waals surface area contributed by atoms with Gasteiger partial charge in [-0.05, 0) is 44.1 Å². The fraction of sp³-hybridized carbons (Fsp3) is 0.471. The van der Waals surface area contributed by atoms with E-state index in [1.54, 1.807) is 0 Å². The maximum absolute atomic E-state index is 13.0. The van der Waals surface area contributed by atoms with E-state index in [0.717, 1.165) is 0 Å². The molecule has 0 saturated carbocycles. The number of piperidine rings is 1. The summed E-state index contributed by atoms with van der Waals surface area (Å²) in [4.78, 5) is 15.0. The molecule has 188 valence electrons. The molecule has 1 aromatic rings. The number of hydrogen-bond acceptors (Lipinski definition) is 11. The number of hydrogen-bond donors (Lipinski definition) is 3. The Kier molecular flexibility index (Phi) is 5.75. The van der Waals surface area contributed by atoms with Crippen LogP contribution in [0.4, 0.5) is 0 Å². The second-order valence-corrected chi connectivity index (χ2v) is 11.9. The van der Waals surface area contributed by atoms with Crippen LogP contribution in [0.5, 0.6) is 11.5 Å². The van der Waals surface area contributed by atoms with E-state index in [1.165, 1.54) is 18.2 Å². The summed E-state index contributed by atoms with van der Waals surface area (Å²) in [5.41, 5.74) is -0.313. The van der Waals surface area contributed by atoms with Crippen LogP contribution < -0.4 is 23.8 Å². The minimum absolute atomic E-state index is 0.219. The predicted octanol–water partition coefficient (Wildman–Crippen LogP) is -1.96. The largest absolute Gasteiger partial charge is 0.380 e. The van der Waals surface area contributed by atoms with Gasteiger partial charge in [-0.25, -0.2) is 0 Å². The molecule has 0 spiro atoms. The fourth-order valence-corrected chi connectivity index (χ4v) is 6.43. The van der Waals surface area contributed by atoms with Crippen LogP contribution >= 0.6 is 0 Å². The van der Waals surface area contributed by atoms with Crippen molar-refractivity contribution in [2.75, 3.05) is 13.6 Å². The molecule has 3 unspecified atom stereocenters. The molecule has 2 aliphatic carbocycles. The van der Waals surface area contributed by atoms with E-state index in [9.17, 15) is 30.0 Å². The lowest BCUT2D eigenvalue weighted by atomic mass is 9.53. The van der Waals surface area contributed by atoms with Gasteiger partial charge in [-0.2, -0.15) is 40.7 Å². The van der Waals surface area contributed by atoms with Crippen molar-refractivity contribution < 1.29 is 42.6 Å². The van der Waals surface area contributed by atoms with Gasteiger partial charge in [0, 0.05) is 29.4 Å². The molecule has 0 aromatic heterocycles. The predicted molar refractivity (Wildman–Crippen MR) is 116 cm³/mol. The van der Waals surface area contributed by atoms with Gasteiger partial charge in [0.05, 0.1) is 0 Å². The van der Waals surface area contributed by atoms with Crippen molar-refractivity contribution in [1.82, 2.24) is 4.90 Å². The zero-order chi connectivity index (χ0) is 25.3. The number of likely N-dealkylation sites (tertiary alicyclic amines) is 1. The molecule has 1 heterocycles. The Bertz CT molecular complexity index is 1420. The number of allylic oxidation sites excluding steroid dienone is 1. The lowest BCUT2D eigenvalue weighted by molar-refractivity contribution is -0.121. The first-order valence-electron chi connectivity index (χ1n) is 9.77. The number of nitrogens with two attached hydrogens (primary N) is 3. The normalized spacial score (nSPS) is 27.3. The van der Waals surface area contributed by atoms with E-state index in [-0.39, 0.29) is 18.0 Å². The van der Waals surface area contributed by atoms with Crippen molar-refractivity contribution in [3.63, 3.8) is 0 Å². The summed E-state index contributed by atoms with van der Waals surface area (Å²) in [6, 6.07) is 2.48. The summed E-state index contributed by atoms with van der Waals surface area (Å²) in [6.07, 6.45) is 1.69. The van der Waals surface area contributed by atoms with Gasteiger partial charge in [-0.15, -0.1) is 0 Å². The molecule has 1 saturated heterocycles. The molecular formula is C17H22N4O10S3. The third-order valence-corrected chi connectivity index (χ3v) is 7.58. The summed E-state index contributed by atoms with van der Waals surface area (Å²) in [7, 11) is -11.9. The molecule has 0 amide bonds. The Balaban J connectivity index is 1.99. The number of benzene rings is 1. The minimum Gasteiger partial charge on any atom is -0.368 e. The zero-order valence-electron chi connectivity index (χ0n) is 17.7. The SMILES string of the molecule is CN1CCC23CC(=O)C(OS(N)(=O)=O)=CC2C1Cc1ccc(OS(N)(=O)=O)c(OS(N)(=O)=O)c13. The maximum Gasteiger partial charge on any atom is 0.380 e. The van der Waals surface area contributed by atoms with Crippen molar-refractivity contribution in [2.45, 2.75) is 30.7 Å². The lowest BCUT2D eigenvalue weighted by Gasteiger charge is -2.56. The van der Waals surface area contributed by atoms with Gasteiger partial charge >= 0.3 is 30.9 Å². The first-order chi connectivity index (χ1) is 15.5. The lowest BCUT2D eigenvalue weighted by Crippen LogP contribution is -2.60. The highest BCUT2D eigenvalue weighted by atomic mass is 32.2. The van der Waals surface area contributed by atoms with E-state index < -0.39 is 65.3 Å². The third-order valence-electron chi connectivity index (χ3n) is 6.36. The molecule has 34 heavy (non-hydrogen) atoms. The fourth-order valence-electron chi connectivity index (χ4n) is 5.25. The number of fused-ring (bicyclic) bond motifs is 1. The highest BCUT2D eigenvalue weighted by Crippen LogP contribution is 2.58. The Hall–Kier alpha value is -2.28. The molecule has 4 rings (SSSR count). The van der Waals surface area contributed by atoms with Gasteiger partial charge in [0.1, 0.15) is 0 Å². The van der Waals surface area contributed by atoms with Crippen LogP contribution in [0.15, 0.2) is 24.0 Å². The summed E-state index contributed by atoms with van der Waals surface area (Å²) < 4.78 is 84.4. The van der Waals surface area contributed by atoms with Gasteiger partial charge in [0.2, 0.25) is 0 Å². The van der Waals surface area contributed by atoms with Gasteiger partial charge < -0.3 is 17.4 Å². The standard InChI is InChI=1S/C17H22N4O10S3/c1-21-5-4-17-8-12(22)14(30-33(19,25)26)7-10(17)11(21)6-9-2-3-13(29-32(18,23)24)16(15(9)17)31-34(20,27)28/h2-3,7,10-11H,4-6,8H2,1H3,(H2,18,23,24)(H2,19,25,26)(H2,20,27,28). The average Bonchev–Trinajstić information content (AvgIpc) is 2.64. The molecule has 3 atom stereocenters. The Morgan fingerprint density at radius 3 is 2.18 bits per heavy atom. The number of ketones is 1. The third kappa shape index (κ3) is 4.64. The summed E-state index contributed by atoms with van der Waals surface area (Å²) in [5.74, 6) is -2.72. The van der Waals surface area contributed by atoms with Crippen molar-refractivity contribution >= 4 is 36.7 Å². The van der Waals surface area contributed by atoms with E-state index >= 15 is 0 Å². The molecule has 1 aromatic carbocycles. The number of carbonyl (C=O) groups excluding carboxylic acids is 1. The molecular weight excluding hydrogens is 516 g/mol. The van der Waals surface area contributed by atoms with Crippen LogP contribution in [-0.2, 0) is 51.7 Å². The summed E-state index contributed by atoms with van der Waals surface area (Å²) in [6.45, 7) is 0.488. The van der Waals surface area contributed by atoms with Crippen LogP contribution in [0.25, 0.3) is 0 Å². The molecule has 3 aliphatic rings. The smallest absolute Gasteiger partial charge is 0.368 e. The number of rotatable bonds is 6. The number of Topliss-reactive ketones (excluding diaryl/α,β-unsaturated/α-hetero) is 1. The molecule has 6 N–H and O–H groups in total. The molecule has 1 fully saturated rings. The molecule has 2 bridgehead atoms. The van der Waals surface area contributed by atoms with Crippen LogP contribution in [-0.4, -0.2) is 55.6 Å². The summed E-state index contributed by atoms with van der Waals surface area (Å²) in [5, 5.41) is 15.0. The highest BCUT2D eigenvalue weighted by molar-refractivity contribution is 7.85. The molecule has 0 radical (unpaired) electrons. The zero-order valence-corrected chi connectivity index (χ0v) is 20.2. The maximum atomic E-state index is 13.0. The monoisotopic (exact) mass is 538 g/mol. The van der Waals surface area contributed by atoms with Crippen molar-refractivity contribution in [3.05, 3.63) is 35.1 Å². The topological polar surface area (TPSA) is 228 Å². The second kappa shape index (κ2) is 7.87. The first kappa shape index (κ1) is 24.8. The molecule has 1 aliphatic heterocycles. The quantitative estimate of drug-likeness (QED) is 0.360. The van der Waals surface area contributed by atoms with Crippen LogP contribution in [0.2, 0.25) is 0 Å². The summed E-state index contributed by atoms with van der Waals surface area (Å²) >= 11 is 0. The second-order valence-electron chi connectivity index (χ2n) is 8.47. The highest BCUT2D eigenvalue weighted by Gasteiger charge is 2.57. The number of likely N-dealkylation sites (N-methyl/N-ethyl adjacent to an activating group) is 1. The molecule has 17 heteroatoms. The van der Waals surface area contributed by atoms with E-state index in [1.807, 2.05) is 11.9 Å². The Morgan fingerprint density at radius 2 is 1.59 bits per heavy atom. The van der Waals surface area contributed by atoms with Gasteiger partial charge in [-0.3, -0.25) is 4.79 Å². The van der Waals surface area contributed by atoms with E-state index in [2.05, 4.69) is 0 Å². The van der Waals surface area contributed by atoms with Crippen molar-refractivity contribution in [3.8, 4) is 11.5 Å². The molecule has 14 nitrogen and oxygen atoms in total. The minimum atomic E-state index is -4.66. The van der Waals surface area contributed by atoms with Gasteiger partial charge in [-0.1, -0.05) is 6.07 Å². The van der Waals surface area contributed by atoms with Crippen LogP contribution in [0.1, 0.15) is 24.0 Å². The van der Waals surface area contributed by atoms with Crippen molar-refractivity contribution in [2.24, 2.45) is 21.3 Å². The van der Waals surface area contributed by atoms with Crippen LogP contribution in [0.3, 0.4) is 0 Å². The van der Waals surface area contributed by atoms with E-state index in [0.29, 0.717) is 24.9 Å². The number of carbonyl (C=O) groups is 1. The average molecular weight is 539 g/mol. The Morgan fingerprint density at radius 1 is 0.971 bits per heavy atom. The van der Waals surface area contributed by atoms with Crippen molar-refractivity contribution in [1.29, 1.82) is 0 Å². The first-order valence-corrected chi connectivity index (χ1v) is 14.2. The van der Waals surface area contributed by atoms with Gasteiger partial charge in [0.15, 0.2) is 23.0 Å². The van der Waals surface area contributed by atoms with Gasteiger partial charge in [0.25, 0.3) is 0 Å². The van der Waals surface area contributed by atoms with E-state index in [4.69, 9.17) is 28.0 Å². The van der Waals surface area contributed by atoms with Crippen LogP contribution in [0, 0.1) is 5.92 Å². The Labute approximate surface area is 196 Å².